The van der Waals surface area contributed by atoms with Crippen molar-refractivity contribution in [1.82, 2.24) is 14.7 Å². The second-order valence-electron chi connectivity index (χ2n) is 8.00. The lowest BCUT2D eigenvalue weighted by Gasteiger charge is -2.23. The first-order chi connectivity index (χ1) is 15.2. The van der Waals surface area contributed by atoms with E-state index >= 15 is 0 Å². The smallest absolute Gasteiger partial charge is 0.267 e. The molecule has 8 nitrogen and oxygen atoms in total. The Bertz CT molecular complexity index is 1070. The molecular formula is C23H27N5O3. The van der Waals surface area contributed by atoms with Gasteiger partial charge in [-0.1, -0.05) is 18.9 Å². The van der Waals surface area contributed by atoms with Crippen LogP contribution in [0.25, 0.3) is 11.7 Å². The lowest BCUT2D eigenvalue weighted by Crippen LogP contribution is -2.33. The number of carbonyl (C=O) groups is 1. The van der Waals surface area contributed by atoms with Gasteiger partial charge in [-0.25, -0.2) is 4.98 Å². The average molecular weight is 422 g/mol. The van der Waals surface area contributed by atoms with Crippen LogP contribution in [-0.4, -0.2) is 47.6 Å². The van der Waals surface area contributed by atoms with Crippen molar-refractivity contribution in [2.45, 2.75) is 44.6 Å². The molecular weight excluding hydrogens is 394 g/mol. The largest absolute Gasteiger partial charge is 0.376 e. The molecule has 2 fully saturated rings. The molecule has 0 aromatic carbocycles. The van der Waals surface area contributed by atoms with Gasteiger partial charge in [-0.2, -0.15) is 5.26 Å². The lowest BCUT2D eigenvalue weighted by atomic mass is 10.1. The van der Waals surface area contributed by atoms with Crippen LogP contribution in [0.15, 0.2) is 34.8 Å². The minimum atomic E-state index is -0.502. The second-order valence-corrected chi connectivity index (χ2v) is 8.00. The highest BCUT2D eigenvalue weighted by molar-refractivity contribution is 6.02. The molecule has 2 saturated heterocycles. The Labute approximate surface area is 181 Å². The Morgan fingerprint density at radius 1 is 1.26 bits per heavy atom. The van der Waals surface area contributed by atoms with Crippen molar-refractivity contribution in [3.05, 3.63) is 45.9 Å². The number of hydrogen-bond acceptors (Lipinski definition) is 6. The molecule has 0 radical (unpaired) electrons. The summed E-state index contributed by atoms with van der Waals surface area (Å²) in [5.74, 6) is 0.0372. The van der Waals surface area contributed by atoms with Crippen LogP contribution in [-0.2, 0) is 9.53 Å². The molecule has 2 aromatic rings. The van der Waals surface area contributed by atoms with Gasteiger partial charge in [0.25, 0.3) is 11.5 Å². The molecule has 2 aliphatic heterocycles. The number of ether oxygens (including phenoxy) is 1. The third-order valence-electron chi connectivity index (χ3n) is 5.82. The average Bonchev–Trinajstić information content (AvgIpc) is 3.17. The number of hydrogen-bond donors (Lipinski definition) is 1. The normalized spacial score (nSPS) is 19.8. The fourth-order valence-electron chi connectivity index (χ4n) is 4.14. The molecule has 31 heavy (non-hydrogen) atoms. The molecule has 1 atom stereocenters. The number of nitrogens with one attached hydrogen (secondary N) is 1. The second kappa shape index (κ2) is 9.75. The van der Waals surface area contributed by atoms with Crippen molar-refractivity contribution in [2.75, 3.05) is 31.1 Å². The molecule has 0 bridgehead atoms. The summed E-state index contributed by atoms with van der Waals surface area (Å²) in [4.78, 5) is 32.8. The zero-order chi connectivity index (χ0) is 21.6. The molecule has 0 aliphatic carbocycles. The van der Waals surface area contributed by atoms with Gasteiger partial charge in [0, 0.05) is 32.4 Å². The molecule has 4 rings (SSSR count). The van der Waals surface area contributed by atoms with Crippen LogP contribution in [0.2, 0.25) is 0 Å². The van der Waals surface area contributed by atoms with Crippen molar-refractivity contribution in [3.8, 4) is 6.07 Å². The third kappa shape index (κ3) is 4.78. The maximum absolute atomic E-state index is 13.3. The zero-order valence-electron chi connectivity index (χ0n) is 17.5. The van der Waals surface area contributed by atoms with E-state index in [2.05, 4.69) is 10.2 Å². The SMILES string of the molecule is N#C/C(=C\c1c(N2CCCCCC2)nc2ccccn2c1=O)C(=O)NC[C@H]1CCCO1. The minimum Gasteiger partial charge on any atom is -0.376 e. The van der Waals surface area contributed by atoms with Crippen molar-refractivity contribution < 1.29 is 9.53 Å². The first-order valence-corrected chi connectivity index (χ1v) is 11.0. The van der Waals surface area contributed by atoms with Gasteiger partial charge in [-0.3, -0.25) is 14.0 Å². The van der Waals surface area contributed by atoms with Gasteiger partial charge in [0.1, 0.15) is 23.1 Å². The number of fused-ring (bicyclic) bond motifs is 1. The molecule has 162 valence electrons. The summed E-state index contributed by atoms with van der Waals surface area (Å²) >= 11 is 0. The molecule has 0 saturated carbocycles. The number of nitriles is 1. The fourth-order valence-corrected chi connectivity index (χ4v) is 4.14. The number of pyridine rings is 1. The summed E-state index contributed by atoms with van der Waals surface area (Å²) in [7, 11) is 0. The number of carbonyl (C=O) groups excluding carboxylic acids is 1. The molecule has 1 amide bonds. The van der Waals surface area contributed by atoms with E-state index in [0.29, 0.717) is 24.6 Å². The van der Waals surface area contributed by atoms with Gasteiger partial charge in [-0.15, -0.1) is 0 Å². The van der Waals surface area contributed by atoms with E-state index in [1.54, 1.807) is 18.3 Å². The van der Waals surface area contributed by atoms with Crippen LogP contribution in [0, 0.1) is 11.3 Å². The van der Waals surface area contributed by atoms with Gasteiger partial charge in [0.2, 0.25) is 0 Å². The summed E-state index contributed by atoms with van der Waals surface area (Å²) in [5, 5.41) is 12.4. The molecule has 4 heterocycles. The first kappa shape index (κ1) is 21.1. The van der Waals surface area contributed by atoms with Crippen molar-refractivity contribution in [3.63, 3.8) is 0 Å². The van der Waals surface area contributed by atoms with Crippen LogP contribution in [0.3, 0.4) is 0 Å². The predicted molar refractivity (Wildman–Crippen MR) is 118 cm³/mol. The summed E-state index contributed by atoms with van der Waals surface area (Å²) in [5.41, 5.74) is 0.424. The maximum atomic E-state index is 13.3. The van der Waals surface area contributed by atoms with E-state index in [1.807, 2.05) is 12.1 Å². The predicted octanol–water partition coefficient (Wildman–Crippen LogP) is 2.28. The summed E-state index contributed by atoms with van der Waals surface area (Å²) in [6.45, 7) is 2.64. The maximum Gasteiger partial charge on any atom is 0.267 e. The van der Waals surface area contributed by atoms with Gasteiger partial charge >= 0.3 is 0 Å². The Morgan fingerprint density at radius 2 is 2.06 bits per heavy atom. The fraction of sp³-hybridized carbons (Fsp3) is 0.478. The van der Waals surface area contributed by atoms with E-state index in [9.17, 15) is 14.9 Å². The Hall–Kier alpha value is -3.18. The van der Waals surface area contributed by atoms with Gasteiger partial charge in [-0.05, 0) is 43.9 Å². The summed E-state index contributed by atoms with van der Waals surface area (Å²) < 4.78 is 6.98. The van der Waals surface area contributed by atoms with Crippen LogP contribution in [0.5, 0.6) is 0 Å². The van der Waals surface area contributed by atoms with Crippen LogP contribution in [0.1, 0.15) is 44.1 Å². The molecule has 1 N–H and O–H groups in total. The quantitative estimate of drug-likeness (QED) is 0.587. The van der Waals surface area contributed by atoms with E-state index in [0.717, 1.165) is 51.6 Å². The number of amides is 1. The highest BCUT2D eigenvalue weighted by Crippen LogP contribution is 2.22. The van der Waals surface area contributed by atoms with Crippen LogP contribution >= 0.6 is 0 Å². The lowest BCUT2D eigenvalue weighted by molar-refractivity contribution is -0.117. The highest BCUT2D eigenvalue weighted by atomic mass is 16.5. The van der Waals surface area contributed by atoms with Crippen LogP contribution in [0.4, 0.5) is 5.82 Å². The Balaban J connectivity index is 1.72. The number of aromatic nitrogens is 2. The number of nitrogens with zero attached hydrogens (tertiary/aromatic N) is 4. The van der Waals surface area contributed by atoms with Crippen molar-refractivity contribution in [2.24, 2.45) is 0 Å². The summed E-state index contributed by atoms with van der Waals surface area (Å²) in [6.07, 6.45) is 9.20. The molecule has 8 heteroatoms. The van der Waals surface area contributed by atoms with E-state index in [4.69, 9.17) is 9.72 Å². The monoisotopic (exact) mass is 421 g/mol. The van der Waals surface area contributed by atoms with Gasteiger partial charge < -0.3 is 15.0 Å². The number of rotatable bonds is 5. The highest BCUT2D eigenvalue weighted by Gasteiger charge is 2.22. The van der Waals surface area contributed by atoms with E-state index < -0.39 is 5.91 Å². The standard InChI is InChI=1S/C23H27N5O3/c24-15-17(22(29)25-16-18-8-7-13-31-18)14-19-21(27-10-4-1-2-5-11-27)26-20-9-3-6-12-28(20)23(19)30/h3,6,9,12,14,18H,1-2,4-5,7-8,10-11,13,16H2,(H,25,29)/b17-14+/t18-/m1/s1. The molecule has 0 spiro atoms. The van der Waals surface area contributed by atoms with E-state index in [-0.39, 0.29) is 22.8 Å². The van der Waals surface area contributed by atoms with Crippen molar-refractivity contribution in [1.29, 1.82) is 5.26 Å². The molecule has 2 aliphatic rings. The minimum absolute atomic E-state index is 0.0236. The Kier molecular flexibility index (Phi) is 6.63. The van der Waals surface area contributed by atoms with Gasteiger partial charge in [0.05, 0.1) is 11.7 Å². The topological polar surface area (TPSA) is 99.7 Å². The van der Waals surface area contributed by atoms with Crippen LogP contribution < -0.4 is 15.8 Å². The first-order valence-electron chi connectivity index (χ1n) is 11.0. The summed E-state index contributed by atoms with van der Waals surface area (Å²) in [6, 6.07) is 7.34. The van der Waals surface area contributed by atoms with Crippen molar-refractivity contribution >= 4 is 23.4 Å². The zero-order valence-corrected chi connectivity index (χ0v) is 17.5. The van der Waals surface area contributed by atoms with E-state index in [1.165, 1.54) is 10.5 Å². The molecule has 2 aromatic heterocycles. The molecule has 0 unspecified atom stereocenters. The number of anilines is 1. The third-order valence-corrected chi connectivity index (χ3v) is 5.82. The van der Waals surface area contributed by atoms with Gasteiger partial charge in [0.15, 0.2) is 0 Å². The Morgan fingerprint density at radius 3 is 2.77 bits per heavy atom.